The van der Waals surface area contributed by atoms with Crippen LogP contribution in [0, 0.1) is 0 Å². The lowest BCUT2D eigenvalue weighted by Crippen LogP contribution is -2.12. The molecule has 0 atom stereocenters. The number of rotatable bonds is 8. The molecule has 90 valence electrons. The number of thioether (sulfide) groups is 1. The molecule has 1 aromatic rings. The predicted octanol–water partition coefficient (Wildman–Crippen LogP) is 0.319. The SMILES string of the molecule is NCCCCCc1nnc(SCC(N)=O)o1. The Morgan fingerprint density at radius 2 is 2.12 bits per heavy atom. The molecular weight excluding hydrogens is 228 g/mol. The van der Waals surface area contributed by atoms with E-state index in [4.69, 9.17) is 15.9 Å². The highest BCUT2D eigenvalue weighted by Gasteiger charge is 2.07. The van der Waals surface area contributed by atoms with E-state index in [0.29, 0.717) is 17.7 Å². The predicted molar refractivity (Wildman–Crippen MR) is 60.8 cm³/mol. The van der Waals surface area contributed by atoms with Gasteiger partial charge in [0.2, 0.25) is 11.8 Å². The van der Waals surface area contributed by atoms with E-state index in [-0.39, 0.29) is 5.75 Å². The molecule has 1 aromatic heterocycles. The average Bonchev–Trinajstić information content (AvgIpc) is 2.70. The lowest BCUT2D eigenvalue weighted by molar-refractivity contribution is -0.115. The summed E-state index contributed by atoms with van der Waals surface area (Å²) in [4.78, 5) is 10.5. The highest BCUT2D eigenvalue weighted by Crippen LogP contribution is 2.16. The molecule has 0 saturated heterocycles. The van der Waals surface area contributed by atoms with Crippen LogP contribution in [-0.4, -0.2) is 28.4 Å². The third-order valence-electron chi connectivity index (χ3n) is 1.88. The molecule has 1 rings (SSSR count). The Morgan fingerprint density at radius 3 is 2.81 bits per heavy atom. The number of hydrogen-bond acceptors (Lipinski definition) is 6. The number of carbonyl (C=O) groups is 1. The van der Waals surface area contributed by atoms with E-state index >= 15 is 0 Å². The molecule has 0 unspecified atom stereocenters. The standard InChI is InChI=1S/C9H16N4O2S/c10-5-3-1-2-4-8-12-13-9(15-8)16-6-7(11)14/h1-6,10H2,(H2,11,14). The zero-order valence-electron chi connectivity index (χ0n) is 9.02. The van der Waals surface area contributed by atoms with Crippen molar-refractivity contribution in [2.24, 2.45) is 11.5 Å². The number of aryl methyl sites for hydroxylation is 1. The number of nitrogens with two attached hydrogens (primary N) is 2. The van der Waals surface area contributed by atoms with Gasteiger partial charge in [-0.1, -0.05) is 18.2 Å². The molecule has 16 heavy (non-hydrogen) atoms. The zero-order valence-corrected chi connectivity index (χ0v) is 9.83. The Hall–Kier alpha value is -1.08. The first-order valence-electron chi connectivity index (χ1n) is 5.16. The summed E-state index contributed by atoms with van der Waals surface area (Å²) in [6.07, 6.45) is 3.81. The Bertz CT molecular complexity index is 329. The molecule has 0 radical (unpaired) electrons. The molecule has 0 spiro atoms. The maximum absolute atomic E-state index is 10.5. The van der Waals surface area contributed by atoms with Crippen molar-refractivity contribution in [3.05, 3.63) is 5.89 Å². The minimum atomic E-state index is -0.396. The van der Waals surface area contributed by atoms with Crippen LogP contribution in [0.5, 0.6) is 0 Å². The van der Waals surface area contributed by atoms with E-state index in [0.717, 1.165) is 37.4 Å². The molecule has 0 saturated carbocycles. The van der Waals surface area contributed by atoms with Gasteiger partial charge in [0, 0.05) is 6.42 Å². The van der Waals surface area contributed by atoms with Gasteiger partial charge in [-0.25, -0.2) is 0 Å². The quantitative estimate of drug-likeness (QED) is 0.503. The summed E-state index contributed by atoms with van der Waals surface area (Å²) >= 11 is 1.16. The molecule has 0 bridgehead atoms. The van der Waals surface area contributed by atoms with Crippen LogP contribution in [0.2, 0.25) is 0 Å². The van der Waals surface area contributed by atoms with Crippen LogP contribution in [0.3, 0.4) is 0 Å². The number of amides is 1. The molecule has 1 amide bonds. The van der Waals surface area contributed by atoms with Crippen molar-refractivity contribution in [3.8, 4) is 0 Å². The van der Waals surface area contributed by atoms with E-state index in [2.05, 4.69) is 10.2 Å². The van der Waals surface area contributed by atoms with Crippen LogP contribution < -0.4 is 11.5 Å². The molecule has 0 aliphatic heterocycles. The van der Waals surface area contributed by atoms with Gasteiger partial charge in [-0.3, -0.25) is 4.79 Å². The van der Waals surface area contributed by atoms with E-state index in [9.17, 15) is 4.79 Å². The number of aromatic nitrogens is 2. The monoisotopic (exact) mass is 244 g/mol. The van der Waals surface area contributed by atoms with Crippen LogP contribution >= 0.6 is 11.8 Å². The summed E-state index contributed by atoms with van der Waals surface area (Å²) in [5.74, 6) is 0.367. The van der Waals surface area contributed by atoms with Crippen LogP contribution in [0.15, 0.2) is 9.64 Å². The smallest absolute Gasteiger partial charge is 0.277 e. The van der Waals surface area contributed by atoms with Gasteiger partial charge in [0.05, 0.1) is 5.75 Å². The summed E-state index contributed by atoms with van der Waals surface area (Å²) in [6.45, 7) is 0.712. The van der Waals surface area contributed by atoms with Crippen LogP contribution in [0.1, 0.15) is 25.2 Å². The maximum Gasteiger partial charge on any atom is 0.277 e. The van der Waals surface area contributed by atoms with Crippen LogP contribution in [-0.2, 0) is 11.2 Å². The Labute approximate surface area is 98.2 Å². The van der Waals surface area contributed by atoms with Gasteiger partial charge in [0.25, 0.3) is 5.22 Å². The summed E-state index contributed by atoms with van der Waals surface area (Å²) in [6, 6.07) is 0. The third-order valence-corrected chi connectivity index (χ3v) is 2.72. The van der Waals surface area contributed by atoms with Crippen molar-refractivity contribution in [1.29, 1.82) is 0 Å². The van der Waals surface area contributed by atoms with Gasteiger partial charge in [-0.2, -0.15) is 0 Å². The number of carbonyl (C=O) groups excluding carboxylic acids is 1. The second-order valence-electron chi connectivity index (χ2n) is 3.32. The number of hydrogen-bond donors (Lipinski definition) is 2. The Balaban J connectivity index is 2.25. The van der Waals surface area contributed by atoms with Crippen molar-refractivity contribution in [1.82, 2.24) is 10.2 Å². The van der Waals surface area contributed by atoms with Gasteiger partial charge in [-0.05, 0) is 19.4 Å². The first-order chi connectivity index (χ1) is 7.72. The van der Waals surface area contributed by atoms with Crippen molar-refractivity contribution < 1.29 is 9.21 Å². The summed E-state index contributed by atoms with van der Waals surface area (Å²) in [5, 5.41) is 8.07. The molecule has 0 aliphatic carbocycles. The van der Waals surface area contributed by atoms with E-state index in [1.807, 2.05) is 0 Å². The molecule has 7 heteroatoms. The first kappa shape index (κ1) is 13.0. The van der Waals surface area contributed by atoms with E-state index in [1.165, 1.54) is 0 Å². The van der Waals surface area contributed by atoms with Crippen molar-refractivity contribution in [2.45, 2.75) is 30.9 Å². The van der Waals surface area contributed by atoms with Gasteiger partial charge in [0.1, 0.15) is 0 Å². The topological polar surface area (TPSA) is 108 Å². The molecular formula is C9H16N4O2S. The van der Waals surface area contributed by atoms with Crippen LogP contribution in [0.4, 0.5) is 0 Å². The fourth-order valence-corrected chi connectivity index (χ4v) is 1.65. The highest BCUT2D eigenvalue weighted by atomic mass is 32.2. The molecule has 0 fully saturated rings. The summed E-state index contributed by atoms with van der Waals surface area (Å²) in [5.41, 5.74) is 10.4. The first-order valence-corrected chi connectivity index (χ1v) is 6.14. The van der Waals surface area contributed by atoms with E-state index < -0.39 is 5.91 Å². The second-order valence-corrected chi connectivity index (χ2v) is 4.24. The fraction of sp³-hybridized carbons (Fsp3) is 0.667. The number of unbranched alkanes of at least 4 members (excludes halogenated alkanes) is 2. The average molecular weight is 244 g/mol. The molecule has 0 aromatic carbocycles. The van der Waals surface area contributed by atoms with Crippen molar-refractivity contribution >= 4 is 17.7 Å². The lowest BCUT2D eigenvalue weighted by Gasteiger charge is -1.94. The maximum atomic E-state index is 10.5. The Kier molecular flexibility index (Phi) is 5.87. The van der Waals surface area contributed by atoms with Gasteiger partial charge in [0.15, 0.2) is 0 Å². The molecule has 1 heterocycles. The second kappa shape index (κ2) is 7.24. The molecule has 0 aliphatic rings. The Morgan fingerprint density at radius 1 is 1.31 bits per heavy atom. The fourth-order valence-electron chi connectivity index (χ4n) is 1.13. The molecule has 4 N–H and O–H groups in total. The van der Waals surface area contributed by atoms with Crippen molar-refractivity contribution in [3.63, 3.8) is 0 Å². The minimum absolute atomic E-state index is 0.162. The largest absolute Gasteiger partial charge is 0.416 e. The van der Waals surface area contributed by atoms with E-state index in [1.54, 1.807) is 0 Å². The number of nitrogens with zero attached hydrogens (tertiary/aromatic N) is 2. The molecule has 6 nitrogen and oxygen atoms in total. The summed E-state index contributed by atoms with van der Waals surface area (Å²) < 4.78 is 5.32. The summed E-state index contributed by atoms with van der Waals surface area (Å²) in [7, 11) is 0. The highest BCUT2D eigenvalue weighted by molar-refractivity contribution is 7.99. The van der Waals surface area contributed by atoms with Crippen molar-refractivity contribution in [2.75, 3.05) is 12.3 Å². The zero-order chi connectivity index (χ0) is 11.8. The van der Waals surface area contributed by atoms with Gasteiger partial charge >= 0.3 is 0 Å². The minimum Gasteiger partial charge on any atom is -0.416 e. The van der Waals surface area contributed by atoms with Gasteiger partial charge < -0.3 is 15.9 Å². The van der Waals surface area contributed by atoms with Gasteiger partial charge in [-0.15, -0.1) is 10.2 Å². The lowest BCUT2D eigenvalue weighted by atomic mass is 10.2. The third kappa shape index (κ3) is 5.13. The van der Waals surface area contributed by atoms with Crippen LogP contribution in [0.25, 0.3) is 0 Å². The number of primary amides is 1. The normalized spacial score (nSPS) is 10.6.